The lowest BCUT2D eigenvalue weighted by atomic mass is 10.1. The minimum absolute atomic E-state index is 0.121. The molecule has 0 aromatic carbocycles. The Kier molecular flexibility index (Phi) is 2.25. The van der Waals surface area contributed by atoms with Gasteiger partial charge < -0.3 is 9.64 Å². The Morgan fingerprint density at radius 1 is 1.47 bits per heavy atom. The Balaban J connectivity index is 2.02. The van der Waals surface area contributed by atoms with Crippen LogP contribution in [0.4, 0.5) is 4.79 Å². The smallest absolute Gasteiger partial charge is 0.410 e. The van der Waals surface area contributed by atoms with Gasteiger partial charge in [0.2, 0.25) is 0 Å². The van der Waals surface area contributed by atoms with E-state index in [-0.39, 0.29) is 17.2 Å². The summed E-state index contributed by atoms with van der Waals surface area (Å²) in [6.45, 7) is 8.86. The topological polar surface area (TPSA) is 29.5 Å². The average molecular weight is 211 g/mol. The molecule has 2 fully saturated rings. The van der Waals surface area contributed by atoms with Crippen molar-refractivity contribution in [2.24, 2.45) is 5.92 Å². The van der Waals surface area contributed by atoms with E-state index >= 15 is 0 Å². The van der Waals surface area contributed by atoms with Crippen molar-refractivity contribution in [1.29, 1.82) is 0 Å². The summed E-state index contributed by atoms with van der Waals surface area (Å²) >= 11 is 0. The molecule has 3 nitrogen and oxygen atoms in total. The van der Waals surface area contributed by atoms with E-state index in [1.165, 1.54) is 0 Å². The zero-order valence-electron chi connectivity index (χ0n) is 10.2. The van der Waals surface area contributed by atoms with E-state index in [2.05, 4.69) is 6.92 Å². The van der Waals surface area contributed by atoms with Crippen LogP contribution in [0.1, 0.15) is 47.0 Å². The van der Waals surface area contributed by atoms with E-state index in [4.69, 9.17) is 4.74 Å². The Labute approximate surface area is 91.8 Å². The summed E-state index contributed by atoms with van der Waals surface area (Å²) in [5.41, 5.74) is -0.207. The van der Waals surface area contributed by atoms with E-state index in [1.54, 1.807) is 0 Å². The highest BCUT2D eigenvalue weighted by atomic mass is 16.6. The molecule has 1 aliphatic carbocycles. The molecular formula is C12H21NO2. The molecule has 1 saturated carbocycles. The molecule has 0 aromatic heterocycles. The van der Waals surface area contributed by atoms with Crippen LogP contribution in [-0.4, -0.2) is 28.7 Å². The average Bonchev–Trinajstić information content (AvgIpc) is 2.56. The van der Waals surface area contributed by atoms with Crippen LogP contribution in [0, 0.1) is 5.92 Å². The number of likely N-dealkylation sites (tertiary alicyclic amines) is 1. The van der Waals surface area contributed by atoms with Gasteiger partial charge >= 0.3 is 6.09 Å². The molecule has 3 heteroatoms. The molecule has 0 bridgehead atoms. The Bertz CT molecular complexity index is 282. The zero-order chi connectivity index (χ0) is 11.3. The van der Waals surface area contributed by atoms with Gasteiger partial charge in [-0.15, -0.1) is 0 Å². The van der Waals surface area contributed by atoms with Crippen molar-refractivity contribution in [3.8, 4) is 0 Å². The monoisotopic (exact) mass is 211 g/mol. The molecule has 1 aliphatic heterocycles. The van der Waals surface area contributed by atoms with E-state index < -0.39 is 0 Å². The second-order valence-corrected chi connectivity index (χ2v) is 5.94. The van der Waals surface area contributed by atoms with E-state index in [1.807, 2.05) is 25.7 Å². The van der Waals surface area contributed by atoms with Crippen LogP contribution in [0.5, 0.6) is 0 Å². The fourth-order valence-corrected chi connectivity index (χ4v) is 2.69. The summed E-state index contributed by atoms with van der Waals surface area (Å²) in [4.78, 5) is 13.9. The molecule has 0 aromatic rings. The summed E-state index contributed by atoms with van der Waals surface area (Å²) in [5.74, 6) is 0.660. The third-order valence-electron chi connectivity index (χ3n) is 3.56. The molecule has 1 heterocycles. The van der Waals surface area contributed by atoms with E-state index in [0.717, 1.165) is 25.8 Å². The van der Waals surface area contributed by atoms with Crippen molar-refractivity contribution in [3.05, 3.63) is 0 Å². The van der Waals surface area contributed by atoms with E-state index in [0.29, 0.717) is 5.92 Å². The van der Waals surface area contributed by atoms with Crippen molar-refractivity contribution >= 4 is 6.09 Å². The van der Waals surface area contributed by atoms with Crippen molar-refractivity contribution in [3.63, 3.8) is 0 Å². The molecule has 15 heavy (non-hydrogen) atoms. The Morgan fingerprint density at radius 2 is 2.07 bits per heavy atom. The highest BCUT2D eigenvalue weighted by Crippen LogP contribution is 2.54. The largest absolute Gasteiger partial charge is 0.444 e. The van der Waals surface area contributed by atoms with Crippen molar-refractivity contribution < 1.29 is 9.53 Å². The first-order valence-corrected chi connectivity index (χ1v) is 5.86. The first kappa shape index (κ1) is 10.8. The molecule has 2 atom stereocenters. The summed E-state index contributed by atoms with van der Waals surface area (Å²) < 4.78 is 5.43. The van der Waals surface area contributed by atoms with Crippen LogP contribution in [0.3, 0.4) is 0 Å². The van der Waals surface area contributed by atoms with E-state index in [9.17, 15) is 4.79 Å². The quantitative estimate of drug-likeness (QED) is 0.616. The molecule has 0 N–H and O–H groups in total. The van der Waals surface area contributed by atoms with Gasteiger partial charge in [0.25, 0.3) is 0 Å². The minimum Gasteiger partial charge on any atom is -0.444 e. The summed E-state index contributed by atoms with van der Waals surface area (Å²) in [6, 6.07) is 0. The maximum Gasteiger partial charge on any atom is 0.410 e. The van der Waals surface area contributed by atoms with Crippen LogP contribution in [-0.2, 0) is 4.74 Å². The van der Waals surface area contributed by atoms with Gasteiger partial charge in [-0.2, -0.15) is 0 Å². The molecule has 1 amide bonds. The number of ether oxygens (including phenoxy) is 1. The van der Waals surface area contributed by atoms with Crippen LogP contribution in [0.25, 0.3) is 0 Å². The molecule has 1 saturated heterocycles. The molecule has 1 spiro atoms. The number of amides is 1. The van der Waals surface area contributed by atoms with Gasteiger partial charge in [-0.25, -0.2) is 4.79 Å². The minimum atomic E-state index is -0.376. The summed E-state index contributed by atoms with van der Waals surface area (Å²) in [6.07, 6.45) is 3.33. The predicted molar refractivity (Wildman–Crippen MR) is 58.7 cm³/mol. The highest BCUT2D eigenvalue weighted by Gasteiger charge is 2.59. The number of carbonyl (C=O) groups excluding carboxylic acids is 1. The SMILES string of the molecule is C[C@@H]1CC12CCCN2C(=O)OC(C)(C)C. The lowest BCUT2D eigenvalue weighted by Gasteiger charge is -2.29. The van der Waals surface area contributed by atoms with Crippen molar-refractivity contribution in [2.75, 3.05) is 6.54 Å². The standard InChI is InChI=1S/C12H21NO2/c1-9-8-12(9)6-5-7-13(12)10(14)15-11(2,3)4/h9H,5-8H2,1-4H3/t9-,12?/m1/s1. The third-order valence-corrected chi connectivity index (χ3v) is 3.56. The summed E-state index contributed by atoms with van der Waals surface area (Å²) in [5, 5.41) is 0. The molecule has 2 rings (SSSR count). The van der Waals surface area contributed by atoms with Gasteiger partial charge in [0, 0.05) is 12.1 Å². The first-order valence-electron chi connectivity index (χ1n) is 5.86. The van der Waals surface area contributed by atoms with Gasteiger partial charge in [-0.3, -0.25) is 0 Å². The third kappa shape index (κ3) is 1.84. The zero-order valence-corrected chi connectivity index (χ0v) is 10.2. The number of rotatable bonds is 0. The number of hydrogen-bond donors (Lipinski definition) is 0. The van der Waals surface area contributed by atoms with Gasteiger partial charge in [0.05, 0.1) is 0 Å². The van der Waals surface area contributed by atoms with Gasteiger partial charge in [-0.05, 0) is 46.0 Å². The van der Waals surface area contributed by atoms with Crippen LogP contribution < -0.4 is 0 Å². The van der Waals surface area contributed by atoms with Crippen molar-refractivity contribution in [1.82, 2.24) is 4.90 Å². The van der Waals surface area contributed by atoms with Gasteiger partial charge in [0.1, 0.15) is 5.60 Å². The Morgan fingerprint density at radius 3 is 2.53 bits per heavy atom. The number of hydrogen-bond acceptors (Lipinski definition) is 2. The fourth-order valence-electron chi connectivity index (χ4n) is 2.69. The van der Waals surface area contributed by atoms with Crippen LogP contribution in [0.15, 0.2) is 0 Å². The predicted octanol–water partition coefficient (Wildman–Crippen LogP) is 2.80. The molecule has 86 valence electrons. The Hall–Kier alpha value is -0.730. The lowest BCUT2D eigenvalue weighted by molar-refractivity contribution is 0.0190. The van der Waals surface area contributed by atoms with Crippen molar-refractivity contribution in [2.45, 2.75) is 58.1 Å². The summed E-state index contributed by atoms with van der Waals surface area (Å²) in [7, 11) is 0. The second kappa shape index (κ2) is 3.13. The number of nitrogens with zero attached hydrogens (tertiary/aromatic N) is 1. The maximum absolute atomic E-state index is 12.0. The molecular weight excluding hydrogens is 190 g/mol. The second-order valence-electron chi connectivity index (χ2n) is 5.94. The van der Waals surface area contributed by atoms with Crippen LogP contribution in [0.2, 0.25) is 0 Å². The van der Waals surface area contributed by atoms with Gasteiger partial charge in [-0.1, -0.05) is 6.92 Å². The molecule has 1 unspecified atom stereocenters. The first-order chi connectivity index (χ1) is 6.85. The van der Waals surface area contributed by atoms with Gasteiger partial charge in [0.15, 0.2) is 0 Å². The van der Waals surface area contributed by atoms with Crippen LogP contribution >= 0.6 is 0 Å². The number of carbonyl (C=O) groups is 1. The fraction of sp³-hybridized carbons (Fsp3) is 0.917. The molecule has 2 aliphatic rings. The highest BCUT2D eigenvalue weighted by molar-refractivity contribution is 5.70. The lowest BCUT2D eigenvalue weighted by Crippen LogP contribution is -2.41. The molecule has 0 radical (unpaired) electrons. The normalized spacial score (nSPS) is 34.7. The maximum atomic E-state index is 12.0.